The Kier molecular flexibility index (Phi) is 4.38. The van der Waals surface area contributed by atoms with Crippen molar-refractivity contribution in [1.82, 2.24) is 5.32 Å². The highest BCUT2D eigenvalue weighted by molar-refractivity contribution is 5.91. The molecule has 140 valence electrons. The first-order valence-electron chi connectivity index (χ1n) is 9.26. The van der Waals surface area contributed by atoms with Gasteiger partial charge in [-0.1, -0.05) is 24.3 Å². The van der Waals surface area contributed by atoms with Crippen LogP contribution in [0.15, 0.2) is 52.9 Å². The van der Waals surface area contributed by atoms with Gasteiger partial charge in [-0.25, -0.2) is 4.39 Å². The molecule has 1 amide bonds. The molecule has 1 aromatic heterocycles. The maximum atomic E-state index is 13.2. The van der Waals surface area contributed by atoms with E-state index in [1.54, 1.807) is 12.1 Å². The summed E-state index contributed by atoms with van der Waals surface area (Å²) < 4.78 is 24.8. The molecule has 1 fully saturated rings. The number of benzene rings is 2. The van der Waals surface area contributed by atoms with Crippen molar-refractivity contribution in [2.45, 2.75) is 38.1 Å². The highest BCUT2D eigenvalue weighted by Gasteiger charge is 2.51. The highest BCUT2D eigenvalue weighted by atomic mass is 19.1. The van der Waals surface area contributed by atoms with Gasteiger partial charge in [0.05, 0.1) is 18.1 Å². The van der Waals surface area contributed by atoms with E-state index in [1.165, 1.54) is 12.1 Å². The first-order chi connectivity index (χ1) is 13.0. The van der Waals surface area contributed by atoms with Gasteiger partial charge in [-0.15, -0.1) is 0 Å². The number of rotatable bonds is 6. The Morgan fingerprint density at radius 1 is 1.26 bits per heavy atom. The molecule has 5 heteroatoms. The van der Waals surface area contributed by atoms with Gasteiger partial charge in [0, 0.05) is 5.39 Å². The van der Waals surface area contributed by atoms with Gasteiger partial charge in [0.15, 0.2) is 11.3 Å². The molecule has 0 aliphatic heterocycles. The van der Waals surface area contributed by atoms with E-state index >= 15 is 0 Å². The molecule has 1 saturated carbocycles. The van der Waals surface area contributed by atoms with Crippen LogP contribution in [0.25, 0.3) is 11.0 Å². The predicted molar refractivity (Wildman–Crippen MR) is 101 cm³/mol. The fourth-order valence-corrected chi connectivity index (χ4v) is 3.49. The Hall–Kier alpha value is -2.82. The third-order valence-corrected chi connectivity index (χ3v) is 5.18. The minimum absolute atomic E-state index is 0.0490. The van der Waals surface area contributed by atoms with E-state index in [0.29, 0.717) is 23.7 Å². The van der Waals surface area contributed by atoms with Crippen LogP contribution >= 0.6 is 0 Å². The molecule has 4 rings (SSSR count). The minimum Gasteiger partial charge on any atom is -0.490 e. The lowest BCUT2D eigenvalue weighted by Crippen LogP contribution is -2.36. The topological polar surface area (TPSA) is 51.5 Å². The van der Waals surface area contributed by atoms with E-state index < -0.39 is 5.41 Å². The SMILES string of the molecule is CCOc1cccc2cc(C(C)NC(=O)C3(c4ccc(F)cc4)CC3)oc12. The average Bonchev–Trinajstić information content (AvgIpc) is 3.35. The van der Waals surface area contributed by atoms with Crippen LogP contribution in [0.3, 0.4) is 0 Å². The molecule has 1 aliphatic rings. The molecule has 1 N–H and O–H groups in total. The maximum Gasteiger partial charge on any atom is 0.231 e. The Morgan fingerprint density at radius 2 is 2.00 bits per heavy atom. The van der Waals surface area contributed by atoms with Gasteiger partial charge < -0.3 is 14.5 Å². The fourth-order valence-electron chi connectivity index (χ4n) is 3.49. The zero-order chi connectivity index (χ0) is 19.0. The molecule has 1 aliphatic carbocycles. The van der Waals surface area contributed by atoms with Crippen molar-refractivity contribution >= 4 is 16.9 Å². The van der Waals surface area contributed by atoms with Crippen LogP contribution in [0.4, 0.5) is 4.39 Å². The van der Waals surface area contributed by atoms with Gasteiger partial charge in [-0.3, -0.25) is 4.79 Å². The number of fused-ring (bicyclic) bond motifs is 1. The van der Waals surface area contributed by atoms with Crippen molar-refractivity contribution in [3.8, 4) is 5.75 Å². The summed E-state index contributed by atoms with van der Waals surface area (Å²) in [5.41, 5.74) is 0.997. The molecule has 0 bridgehead atoms. The van der Waals surface area contributed by atoms with Crippen LogP contribution in [0.1, 0.15) is 44.1 Å². The molecule has 0 saturated heterocycles. The number of carbonyl (C=O) groups is 1. The number of hydrogen-bond acceptors (Lipinski definition) is 3. The summed E-state index contributed by atoms with van der Waals surface area (Å²) in [6, 6.07) is 13.6. The Balaban J connectivity index is 1.54. The summed E-state index contributed by atoms with van der Waals surface area (Å²) in [5.74, 6) is 1.04. The number of hydrogen-bond donors (Lipinski definition) is 1. The molecule has 4 nitrogen and oxygen atoms in total. The van der Waals surface area contributed by atoms with Crippen molar-refractivity contribution in [1.29, 1.82) is 0 Å². The van der Waals surface area contributed by atoms with Crippen LogP contribution in [0.5, 0.6) is 5.75 Å². The second-order valence-corrected chi connectivity index (χ2v) is 7.04. The van der Waals surface area contributed by atoms with E-state index in [1.807, 2.05) is 38.1 Å². The number of amides is 1. The molecule has 1 unspecified atom stereocenters. The standard InChI is InChI=1S/C22H22FNO3/c1-3-26-18-6-4-5-15-13-19(27-20(15)18)14(2)24-21(25)22(11-12-22)16-7-9-17(23)10-8-16/h4-10,13-14H,3,11-12H2,1-2H3,(H,24,25). The normalized spacial score (nSPS) is 16.1. The summed E-state index contributed by atoms with van der Waals surface area (Å²) in [6.07, 6.45) is 1.54. The molecular formula is C22H22FNO3. The number of furan rings is 1. The van der Waals surface area contributed by atoms with Crippen molar-refractivity contribution in [2.24, 2.45) is 0 Å². The quantitative estimate of drug-likeness (QED) is 0.676. The van der Waals surface area contributed by atoms with E-state index in [4.69, 9.17) is 9.15 Å². The van der Waals surface area contributed by atoms with Crippen LogP contribution in [0.2, 0.25) is 0 Å². The van der Waals surface area contributed by atoms with Gasteiger partial charge in [0.1, 0.15) is 11.6 Å². The first-order valence-corrected chi connectivity index (χ1v) is 9.26. The van der Waals surface area contributed by atoms with Crippen molar-refractivity contribution in [2.75, 3.05) is 6.61 Å². The van der Waals surface area contributed by atoms with Crippen molar-refractivity contribution in [3.05, 3.63) is 65.7 Å². The van der Waals surface area contributed by atoms with Crippen molar-refractivity contribution in [3.63, 3.8) is 0 Å². The molecule has 1 atom stereocenters. The van der Waals surface area contributed by atoms with Gasteiger partial charge >= 0.3 is 0 Å². The number of nitrogens with one attached hydrogen (secondary N) is 1. The van der Waals surface area contributed by atoms with Crippen LogP contribution < -0.4 is 10.1 Å². The molecule has 0 spiro atoms. The lowest BCUT2D eigenvalue weighted by atomic mass is 9.94. The Morgan fingerprint density at radius 3 is 2.67 bits per heavy atom. The van der Waals surface area contributed by atoms with Gasteiger partial charge in [-0.2, -0.15) is 0 Å². The Labute approximate surface area is 157 Å². The monoisotopic (exact) mass is 367 g/mol. The smallest absolute Gasteiger partial charge is 0.231 e. The molecule has 3 aromatic rings. The zero-order valence-electron chi connectivity index (χ0n) is 15.4. The first kappa shape index (κ1) is 17.6. The predicted octanol–water partition coefficient (Wildman–Crippen LogP) is 4.88. The van der Waals surface area contributed by atoms with E-state index in [-0.39, 0.29) is 17.8 Å². The van der Waals surface area contributed by atoms with Crippen LogP contribution in [0, 0.1) is 5.82 Å². The summed E-state index contributed by atoms with van der Waals surface area (Å²) >= 11 is 0. The molecule has 2 aromatic carbocycles. The van der Waals surface area contributed by atoms with E-state index in [2.05, 4.69) is 5.32 Å². The van der Waals surface area contributed by atoms with Gasteiger partial charge in [-0.05, 0) is 56.5 Å². The average molecular weight is 367 g/mol. The summed E-state index contributed by atoms with van der Waals surface area (Å²) in [5, 5.41) is 4.00. The number of ether oxygens (including phenoxy) is 1. The third-order valence-electron chi connectivity index (χ3n) is 5.18. The second kappa shape index (κ2) is 6.72. The van der Waals surface area contributed by atoms with E-state index in [9.17, 15) is 9.18 Å². The fraction of sp³-hybridized carbons (Fsp3) is 0.318. The number of halogens is 1. The third kappa shape index (κ3) is 3.18. The molecular weight excluding hydrogens is 345 g/mol. The van der Waals surface area contributed by atoms with Gasteiger partial charge in [0.25, 0.3) is 0 Å². The summed E-state index contributed by atoms with van der Waals surface area (Å²) in [4.78, 5) is 12.9. The van der Waals surface area contributed by atoms with Crippen LogP contribution in [-0.4, -0.2) is 12.5 Å². The van der Waals surface area contributed by atoms with Crippen molar-refractivity contribution < 1.29 is 18.3 Å². The number of para-hydroxylation sites is 1. The maximum absolute atomic E-state index is 13.2. The lowest BCUT2D eigenvalue weighted by Gasteiger charge is -2.19. The van der Waals surface area contributed by atoms with Crippen LogP contribution in [-0.2, 0) is 10.2 Å². The summed E-state index contributed by atoms with van der Waals surface area (Å²) in [6.45, 7) is 4.38. The zero-order valence-corrected chi connectivity index (χ0v) is 15.4. The number of carbonyl (C=O) groups excluding carboxylic acids is 1. The van der Waals surface area contributed by atoms with E-state index in [0.717, 1.165) is 23.8 Å². The largest absolute Gasteiger partial charge is 0.490 e. The minimum atomic E-state index is -0.551. The molecule has 1 heterocycles. The lowest BCUT2D eigenvalue weighted by molar-refractivity contribution is -0.124. The highest BCUT2D eigenvalue weighted by Crippen LogP contribution is 2.48. The second-order valence-electron chi connectivity index (χ2n) is 7.04. The van der Waals surface area contributed by atoms with Gasteiger partial charge in [0.2, 0.25) is 5.91 Å². The summed E-state index contributed by atoms with van der Waals surface area (Å²) in [7, 11) is 0. The molecule has 27 heavy (non-hydrogen) atoms. The molecule has 0 radical (unpaired) electrons. The Bertz CT molecular complexity index is 973.